The van der Waals surface area contributed by atoms with Crippen molar-refractivity contribution >= 4 is 16.9 Å². The van der Waals surface area contributed by atoms with E-state index in [1.807, 2.05) is 70.2 Å². The van der Waals surface area contributed by atoms with E-state index in [1.165, 1.54) is 0 Å². The zero-order valence-corrected chi connectivity index (χ0v) is 23.1. The lowest BCUT2D eigenvalue weighted by Crippen LogP contribution is -2.66. The zero-order valence-electron chi connectivity index (χ0n) is 23.1. The van der Waals surface area contributed by atoms with E-state index in [2.05, 4.69) is 15.1 Å². The van der Waals surface area contributed by atoms with Gasteiger partial charge in [0.15, 0.2) is 0 Å². The molecule has 1 aliphatic heterocycles. The summed E-state index contributed by atoms with van der Waals surface area (Å²) < 4.78 is 10.8. The third kappa shape index (κ3) is 4.88. The number of carbonyl (C=O) groups excluding carboxylic acids is 1. The van der Waals surface area contributed by atoms with Crippen LogP contribution in [0.2, 0.25) is 0 Å². The molecule has 0 bridgehead atoms. The molecular weight excluding hydrogens is 496 g/mol. The number of ether oxygens (including phenoxy) is 1. The van der Waals surface area contributed by atoms with Crippen molar-refractivity contribution in [3.63, 3.8) is 0 Å². The first-order chi connectivity index (χ1) is 18.2. The van der Waals surface area contributed by atoms with Crippen molar-refractivity contribution in [2.45, 2.75) is 58.3 Å². The Hall–Kier alpha value is -3.82. The topological polar surface area (TPSA) is 122 Å². The minimum Gasteiger partial charge on any atom is -0.444 e. The molecule has 1 saturated heterocycles. The second-order valence-corrected chi connectivity index (χ2v) is 12.1. The summed E-state index contributed by atoms with van der Waals surface area (Å²) in [7, 11) is 0. The maximum absolute atomic E-state index is 12.8. The molecule has 204 valence electrons. The maximum atomic E-state index is 12.8. The van der Waals surface area contributed by atoms with Gasteiger partial charge in [-0.25, -0.2) is 4.79 Å². The van der Waals surface area contributed by atoms with Crippen LogP contribution in [0.15, 0.2) is 65.4 Å². The van der Waals surface area contributed by atoms with Gasteiger partial charge in [-0.1, -0.05) is 48.5 Å². The van der Waals surface area contributed by atoms with Crippen LogP contribution in [0, 0.1) is 5.41 Å². The van der Waals surface area contributed by atoms with Crippen molar-refractivity contribution in [2.75, 3.05) is 13.1 Å². The molecule has 9 nitrogen and oxygen atoms in total. The number of likely N-dealkylation sites (tertiary alicyclic amines) is 1. The number of hydrogen-bond donors (Lipinski definition) is 2. The number of aliphatic hydroxyl groups is 2. The molecule has 2 N–H and O–H groups in total. The van der Waals surface area contributed by atoms with Gasteiger partial charge >= 0.3 is 6.09 Å². The van der Waals surface area contributed by atoms with Crippen molar-refractivity contribution in [3.05, 3.63) is 77.9 Å². The van der Waals surface area contributed by atoms with Crippen molar-refractivity contribution in [2.24, 2.45) is 5.41 Å². The normalized spacial score (nSPS) is 17.0. The van der Waals surface area contributed by atoms with E-state index in [0.29, 0.717) is 16.7 Å². The van der Waals surface area contributed by atoms with Crippen LogP contribution in [0.4, 0.5) is 4.79 Å². The molecule has 2 aromatic heterocycles. The van der Waals surface area contributed by atoms with Crippen LogP contribution in [0.1, 0.15) is 58.6 Å². The first-order valence-electron chi connectivity index (χ1n) is 12.9. The first kappa shape index (κ1) is 26.8. The van der Waals surface area contributed by atoms with Crippen LogP contribution < -0.4 is 0 Å². The Morgan fingerprint density at radius 3 is 2.31 bits per heavy atom. The molecule has 0 saturated carbocycles. The van der Waals surface area contributed by atoms with Crippen LogP contribution >= 0.6 is 0 Å². The highest BCUT2D eigenvalue weighted by molar-refractivity contribution is 5.83. The van der Waals surface area contributed by atoms with Crippen LogP contribution in [0.3, 0.4) is 0 Å². The molecule has 1 amide bonds. The average Bonchev–Trinajstić information content (AvgIpc) is 3.36. The smallest absolute Gasteiger partial charge is 0.410 e. The summed E-state index contributed by atoms with van der Waals surface area (Å²) in [6.45, 7) is 11.1. The fourth-order valence-corrected chi connectivity index (χ4v) is 5.11. The van der Waals surface area contributed by atoms with Gasteiger partial charge in [0.2, 0.25) is 5.82 Å². The highest BCUT2D eigenvalue weighted by atomic mass is 16.6. The molecule has 4 aromatic rings. The number of pyridine rings is 1. The molecule has 9 heteroatoms. The Bertz CT molecular complexity index is 1530. The summed E-state index contributed by atoms with van der Waals surface area (Å²) >= 11 is 0. The molecule has 1 aliphatic rings. The molecule has 3 heterocycles. The molecule has 39 heavy (non-hydrogen) atoms. The predicted molar refractivity (Wildman–Crippen MR) is 146 cm³/mol. The van der Waals surface area contributed by atoms with Crippen LogP contribution in [0.25, 0.3) is 22.2 Å². The Labute approximate surface area is 227 Å². The molecule has 1 fully saturated rings. The Morgan fingerprint density at radius 1 is 0.974 bits per heavy atom. The van der Waals surface area contributed by atoms with E-state index in [1.54, 1.807) is 37.2 Å². The Balaban J connectivity index is 1.58. The monoisotopic (exact) mass is 530 g/mol. The molecule has 2 aromatic carbocycles. The van der Waals surface area contributed by atoms with Gasteiger partial charge in [-0.2, -0.15) is 4.98 Å². The molecule has 1 atom stereocenters. The largest absolute Gasteiger partial charge is 0.444 e. The number of nitrogens with zero attached hydrogens (tertiary/aromatic N) is 4. The lowest BCUT2D eigenvalue weighted by atomic mass is 9.62. The van der Waals surface area contributed by atoms with Crippen LogP contribution in [-0.4, -0.2) is 55.0 Å². The van der Waals surface area contributed by atoms with Crippen LogP contribution in [0.5, 0.6) is 0 Å². The standard InChI is InChI=1S/C30H34N4O5/c1-27(2,3)38-26(35)34-17-29(6,18-34)30(37,22-12-11-19-9-7-8-10-20(19)13-22)23-14-21(15-31-16-23)24-32-25(39-33-24)28(4,5)36/h7-16,36-37H,17-18H2,1-6H3/t30-/m0/s1. The number of aromatic nitrogens is 3. The van der Waals surface area contributed by atoms with E-state index in [9.17, 15) is 15.0 Å². The lowest BCUT2D eigenvalue weighted by Gasteiger charge is -2.56. The fourth-order valence-electron chi connectivity index (χ4n) is 5.11. The maximum Gasteiger partial charge on any atom is 0.410 e. The minimum atomic E-state index is -1.53. The highest BCUT2D eigenvalue weighted by Crippen LogP contribution is 2.51. The second kappa shape index (κ2) is 9.14. The van der Waals surface area contributed by atoms with Gasteiger partial charge in [-0.05, 0) is 63.1 Å². The number of hydrogen-bond acceptors (Lipinski definition) is 8. The minimum absolute atomic E-state index is 0.0756. The van der Waals surface area contributed by atoms with Gasteiger partial charge in [0.05, 0.1) is 0 Å². The van der Waals surface area contributed by atoms with Crippen LogP contribution in [-0.2, 0) is 15.9 Å². The summed E-state index contributed by atoms with van der Waals surface area (Å²) in [6.07, 6.45) is 2.79. The summed E-state index contributed by atoms with van der Waals surface area (Å²) in [4.78, 5) is 23.1. The molecular formula is C30H34N4O5. The number of rotatable bonds is 5. The molecule has 0 aliphatic carbocycles. The van der Waals surface area contributed by atoms with E-state index in [4.69, 9.17) is 9.26 Å². The van der Waals surface area contributed by atoms with Crippen molar-refractivity contribution < 1.29 is 24.3 Å². The first-order valence-corrected chi connectivity index (χ1v) is 12.9. The highest BCUT2D eigenvalue weighted by Gasteiger charge is 2.58. The molecule has 0 unspecified atom stereocenters. The summed E-state index contributed by atoms with van der Waals surface area (Å²) in [5, 5.41) is 29.0. The summed E-state index contributed by atoms with van der Waals surface area (Å²) in [6, 6.07) is 15.6. The summed E-state index contributed by atoms with van der Waals surface area (Å²) in [5.74, 6) is 0.322. The number of fused-ring (bicyclic) bond motifs is 1. The van der Waals surface area contributed by atoms with Gasteiger partial charge in [0.1, 0.15) is 16.8 Å². The van der Waals surface area contributed by atoms with Crippen molar-refractivity contribution in [3.8, 4) is 11.4 Å². The number of amides is 1. The van der Waals surface area contributed by atoms with Gasteiger partial charge in [0.25, 0.3) is 5.89 Å². The third-order valence-electron chi connectivity index (χ3n) is 7.14. The van der Waals surface area contributed by atoms with Gasteiger partial charge < -0.3 is 24.4 Å². The fraction of sp³-hybridized carbons (Fsp3) is 0.400. The molecule has 0 radical (unpaired) electrons. The van der Waals surface area contributed by atoms with Gasteiger partial charge in [0, 0.05) is 42.0 Å². The molecule has 0 spiro atoms. The van der Waals surface area contributed by atoms with E-state index in [-0.39, 0.29) is 24.8 Å². The lowest BCUT2D eigenvalue weighted by molar-refractivity contribution is -0.131. The van der Waals surface area contributed by atoms with E-state index >= 15 is 0 Å². The van der Waals surface area contributed by atoms with Gasteiger partial charge in [-0.3, -0.25) is 4.98 Å². The van der Waals surface area contributed by atoms with E-state index in [0.717, 1.165) is 10.8 Å². The second-order valence-electron chi connectivity index (χ2n) is 12.1. The zero-order chi connectivity index (χ0) is 28.2. The van der Waals surface area contributed by atoms with Gasteiger partial charge in [-0.15, -0.1) is 0 Å². The van der Waals surface area contributed by atoms with Crippen molar-refractivity contribution in [1.29, 1.82) is 0 Å². The Kier molecular flexibility index (Phi) is 6.27. The quantitative estimate of drug-likeness (QED) is 0.370. The number of carbonyl (C=O) groups is 1. The predicted octanol–water partition coefficient (Wildman–Crippen LogP) is 5.01. The Morgan fingerprint density at radius 2 is 1.67 bits per heavy atom. The van der Waals surface area contributed by atoms with Crippen molar-refractivity contribution in [1.82, 2.24) is 20.0 Å². The average molecular weight is 531 g/mol. The molecule has 5 rings (SSSR count). The van der Waals surface area contributed by atoms with E-state index < -0.39 is 28.3 Å². The summed E-state index contributed by atoms with van der Waals surface area (Å²) in [5.41, 5.74) is -2.48. The number of benzene rings is 2. The third-order valence-corrected chi connectivity index (χ3v) is 7.14. The SMILES string of the molecule is CC(C)(C)OC(=O)N1CC(C)([C@@](O)(c2cncc(-c3noc(C(C)(C)O)n3)c2)c2ccc3ccccc3c2)C1.